The van der Waals surface area contributed by atoms with Gasteiger partial charge in [0.1, 0.15) is 0 Å². The summed E-state index contributed by atoms with van der Waals surface area (Å²) in [5.41, 5.74) is 8.54. The monoisotopic (exact) mass is 337 g/mol. The molecule has 4 rings (SSSR count). The molecule has 0 aliphatic carbocycles. The smallest absolute Gasteiger partial charge is 0.211 e. The fourth-order valence-corrected chi connectivity index (χ4v) is 3.17. The highest BCUT2D eigenvalue weighted by atomic mass is 14.9. The molecule has 0 radical (unpaired) electrons. The first-order valence-electron chi connectivity index (χ1n) is 8.80. The molecule has 0 aliphatic rings. The van der Waals surface area contributed by atoms with Gasteiger partial charge >= 0.3 is 0 Å². The highest BCUT2D eigenvalue weighted by Gasteiger charge is 2.11. The van der Waals surface area contributed by atoms with Gasteiger partial charge in [-0.15, -0.1) is 0 Å². The summed E-state index contributed by atoms with van der Waals surface area (Å²) in [5.74, 6) is 0. The zero-order valence-corrected chi connectivity index (χ0v) is 15.1. The highest BCUT2D eigenvalue weighted by molar-refractivity contribution is 5.68. The van der Waals surface area contributed by atoms with E-state index in [1.807, 2.05) is 12.4 Å². The Kier molecular flexibility index (Phi) is 4.32. The second-order valence-electron chi connectivity index (χ2n) is 6.60. The van der Waals surface area contributed by atoms with Crippen LogP contribution in [0, 0.1) is 13.8 Å². The molecule has 2 aromatic heterocycles. The summed E-state index contributed by atoms with van der Waals surface area (Å²) in [6.07, 6.45) is 7.96. The summed E-state index contributed by atoms with van der Waals surface area (Å²) >= 11 is 0. The third-order valence-corrected chi connectivity index (χ3v) is 4.70. The third-order valence-electron chi connectivity index (χ3n) is 4.70. The van der Waals surface area contributed by atoms with Crippen LogP contribution in [0.25, 0.3) is 27.9 Å². The second kappa shape index (κ2) is 6.93. The first-order chi connectivity index (χ1) is 12.7. The minimum Gasteiger partial charge on any atom is -0.265 e. The minimum absolute atomic E-state index is 1.15. The summed E-state index contributed by atoms with van der Waals surface area (Å²) in [7, 11) is 0. The number of hydrogen-bond acceptors (Lipinski definition) is 1. The van der Waals surface area contributed by atoms with Crippen LogP contribution in [-0.4, -0.2) is 4.98 Å². The minimum atomic E-state index is 1.15. The van der Waals surface area contributed by atoms with E-state index in [0.29, 0.717) is 0 Å². The van der Waals surface area contributed by atoms with E-state index in [9.17, 15) is 0 Å². The topological polar surface area (TPSA) is 16.8 Å². The molecule has 0 saturated carbocycles. The van der Waals surface area contributed by atoms with Gasteiger partial charge in [-0.2, -0.15) is 4.57 Å². The molecule has 4 aromatic rings. The lowest BCUT2D eigenvalue weighted by Gasteiger charge is -2.07. The molecule has 0 N–H and O–H groups in total. The number of hydrogen-bond donors (Lipinski definition) is 0. The third kappa shape index (κ3) is 3.27. The predicted octanol–water partition coefficient (Wildman–Crippen LogP) is 5.31. The Balaban J connectivity index is 1.77. The second-order valence-corrected chi connectivity index (χ2v) is 6.60. The Labute approximate surface area is 154 Å². The van der Waals surface area contributed by atoms with E-state index in [1.54, 1.807) is 0 Å². The van der Waals surface area contributed by atoms with Gasteiger partial charge < -0.3 is 0 Å². The van der Waals surface area contributed by atoms with Crippen molar-refractivity contribution in [2.45, 2.75) is 13.8 Å². The normalized spacial score (nSPS) is 10.7. The van der Waals surface area contributed by atoms with Crippen LogP contribution in [0.1, 0.15) is 11.1 Å². The molecule has 0 spiro atoms. The number of pyridine rings is 2. The van der Waals surface area contributed by atoms with Crippen LogP contribution in [0.3, 0.4) is 0 Å². The quantitative estimate of drug-likeness (QED) is 0.463. The molecular weight excluding hydrogens is 316 g/mol. The molecule has 2 nitrogen and oxygen atoms in total. The number of nitrogens with zero attached hydrogens (tertiary/aromatic N) is 2. The van der Waals surface area contributed by atoms with E-state index in [4.69, 9.17) is 0 Å². The summed E-state index contributed by atoms with van der Waals surface area (Å²) in [6, 6.07) is 23.6. The summed E-state index contributed by atoms with van der Waals surface area (Å²) < 4.78 is 2.18. The van der Waals surface area contributed by atoms with Crippen LogP contribution in [0.2, 0.25) is 0 Å². The molecule has 0 fully saturated rings. The van der Waals surface area contributed by atoms with E-state index in [1.165, 1.54) is 33.4 Å². The van der Waals surface area contributed by atoms with Crippen molar-refractivity contribution in [3.05, 3.63) is 103 Å². The van der Waals surface area contributed by atoms with Gasteiger partial charge in [0, 0.05) is 36.2 Å². The lowest BCUT2D eigenvalue weighted by atomic mass is 10.0. The van der Waals surface area contributed by atoms with Crippen LogP contribution < -0.4 is 4.57 Å². The molecule has 0 unspecified atom stereocenters. The fourth-order valence-electron chi connectivity index (χ4n) is 3.17. The molecule has 0 atom stereocenters. The maximum Gasteiger partial charge on any atom is 0.211 e. The van der Waals surface area contributed by atoms with Crippen molar-refractivity contribution in [3.63, 3.8) is 0 Å². The fraction of sp³-hybridized carbons (Fsp3) is 0.0833. The molecule has 126 valence electrons. The molecule has 2 aromatic carbocycles. The Bertz CT molecular complexity index is 1040. The van der Waals surface area contributed by atoms with Gasteiger partial charge in [0.05, 0.1) is 0 Å². The number of rotatable bonds is 3. The lowest BCUT2D eigenvalue weighted by molar-refractivity contribution is -0.595. The standard InChI is InChI=1S/C24H21N2/c1-18-5-8-20(9-6-18)22-4-3-15-26(17-22)23-10-7-19(2)24(16-23)21-11-13-25-14-12-21/h3-17H,1-2H3/q+1. The number of aryl methyl sites for hydroxylation is 2. The van der Waals surface area contributed by atoms with E-state index < -0.39 is 0 Å². The van der Waals surface area contributed by atoms with E-state index >= 15 is 0 Å². The predicted molar refractivity (Wildman–Crippen MR) is 106 cm³/mol. The lowest BCUT2D eigenvalue weighted by Crippen LogP contribution is -2.29. The van der Waals surface area contributed by atoms with E-state index in [2.05, 4.69) is 103 Å². The van der Waals surface area contributed by atoms with Crippen molar-refractivity contribution in [1.29, 1.82) is 0 Å². The number of benzene rings is 2. The van der Waals surface area contributed by atoms with Gasteiger partial charge in [-0.05, 0) is 54.3 Å². The average molecular weight is 337 g/mol. The Morgan fingerprint density at radius 2 is 1.50 bits per heavy atom. The molecule has 2 heterocycles. The molecule has 26 heavy (non-hydrogen) atoms. The van der Waals surface area contributed by atoms with Crippen LogP contribution in [0.15, 0.2) is 91.5 Å². The zero-order valence-electron chi connectivity index (χ0n) is 15.1. The van der Waals surface area contributed by atoms with Crippen molar-refractivity contribution in [3.8, 4) is 27.9 Å². The summed E-state index contributed by atoms with van der Waals surface area (Å²) in [5, 5.41) is 0. The van der Waals surface area contributed by atoms with E-state index in [-0.39, 0.29) is 0 Å². The van der Waals surface area contributed by atoms with Crippen LogP contribution in [0.4, 0.5) is 0 Å². The Morgan fingerprint density at radius 3 is 2.27 bits per heavy atom. The van der Waals surface area contributed by atoms with Gasteiger partial charge in [-0.25, -0.2) is 0 Å². The SMILES string of the molecule is Cc1ccc(-c2ccc[n+](-c3ccc(C)c(-c4ccncc4)c3)c2)cc1. The number of aromatic nitrogens is 2. The molecule has 0 saturated heterocycles. The summed E-state index contributed by atoms with van der Waals surface area (Å²) in [4.78, 5) is 4.13. The van der Waals surface area contributed by atoms with Crippen molar-refractivity contribution in [2.75, 3.05) is 0 Å². The van der Waals surface area contributed by atoms with Crippen LogP contribution in [-0.2, 0) is 0 Å². The van der Waals surface area contributed by atoms with Gasteiger partial charge in [0.2, 0.25) is 5.69 Å². The van der Waals surface area contributed by atoms with Crippen LogP contribution >= 0.6 is 0 Å². The van der Waals surface area contributed by atoms with Gasteiger partial charge in [0.25, 0.3) is 0 Å². The first-order valence-corrected chi connectivity index (χ1v) is 8.80. The van der Waals surface area contributed by atoms with Crippen molar-refractivity contribution in [1.82, 2.24) is 4.98 Å². The average Bonchev–Trinajstić information content (AvgIpc) is 2.70. The molecule has 0 aliphatic heterocycles. The zero-order chi connectivity index (χ0) is 17.9. The van der Waals surface area contributed by atoms with Crippen molar-refractivity contribution >= 4 is 0 Å². The molecule has 0 amide bonds. The first kappa shape index (κ1) is 16.2. The van der Waals surface area contributed by atoms with E-state index in [0.717, 1.165) is 5.69 Å². The van der Waals surface area contributed by atoms with Crippen LogP contribution in [0.5, 0.6) is 0 Å². The Hall–Kier alpha value is -3.26. The Morgan fingerprint density at radius 1 is 0.731 bits per heavy atom. The van der Waals surface area contributed by atoms with Crippen molar-refractivity contribution < 1.29 is 4.57 Å². The maximum absolute atomic E-state index is 4.13. The largest absolute Gasteiger partial charge is 0.265 e. The van der Waals surface area contributed by atoms with Gasteiger partial charge in [-0.1, -0.05) is 35.9 Å². The van der Waals surface area contributed by atoms with Gasteiger partial charge in [-0.3, -0.25) is 4.98 Å². The molecular formula is C24H21N2+. The molecule has 0 bridgehead atoms. The summed E-state index contributed by atoms with van der Waals surface area (Å²) in [6.45, 7) is 4.26. The highest BCUT2D eigenvalue weighted by Crippen LogP contribution is 2.24. The molecule has 2 heteroatoms. The van der Waals surface area contributed by atoms with Gasteiger partial charge in [0.15, 0.2) is 12.4 Å². The maximum atomic E-state index is 4.13. The van der Waals surface area contributed by atoms with Crippen molar-refractivity contribution in [2.24, 2.45) is 0 Å².